The number of piperidine rings is 1. The lowest BCUT2D eigenvalue weighted by Crippen LogP contribution is -2.41. The zero-order chi connectivity index (χ0) is 22.6. The summed E-state index contributed by atoms with van der Waals surface area (Å²) in [6, 6.07) is 13.7. The topological polar surface area (TPSA) is 96.0 Å². The molecule has 2 amide bonds. The smallest absolute Gasteiger partial charge is 0.253 e. The van der Waals surface area contributed by atoms with Gasteiger partial charge in [0.25, 0.3) is 5.91 Å². The molecule has 1 aliphatic heterocycles. The summed E-state index contributed by atoms with van der Waals surface area (Å²) in [6.07, 6.45) is 1.09. The molecule has 1 aliphatic rings. The summed E-state index contributed by atoms with van der Waals surface area (Å²) < 4.78 is 31.5. The number of ether oxygens (including phenoxy) is 1. The summed E-state index contributed by atoms with van der Waals surface area (Å²) in [4.78, 5) is 27.1. The third-order valence-electron chi connectivity index (χ3n) is 5.36. The molecule has 0 aliphatic carbocycles. The van der Waals surface area contributed by atoms with Gasteiger partial charge in [-0.05, 0) is 43.2 Å². The number of carbonyl (C=O) groups excluding carboxylic acids is 2. The lowest BCUT2D eigenvalue weighted by atomic mass is 9.95. The predicted octanol–water partition coefficient (Wildman–Crippen LogP) is 2.44. The molecule has 0 saturated carbocycles. The first kappa shape index (κ1) is 22.8. The molecule has 1 heterocycles. The van der Waals surface area contributed by atoms with Gasteiger partial charge in [-0.2, -0.15) is 0 Å². The van der Waals surface area contributed by atoms with E-state index in [0.717, 1.165) is 9.99 Å². The van der Waals surface area contributed by atoms with Gasteiger partial charge in [0.2, 0.25) is 15.9 Å². The maximum absolute atomic E-state index is 13.0. The van der Waals surface area contributed by atoms with Gasteiger partial charge in [0.05, 0.1) is 7.11 Å². The van der Waals surface area contributed by atoms with Crippen LogP contribution in [0, 0.1) is 5.92 Å². The zero-order valence-corrected chi connectivity index (χ0v) is 18.7. The second kappa shape index (κ2) is 9.49. The van der Waals surface area contributed by atoms with Crippen LogP contribution in [-0.4, -0.2) is 63.7 Å². The molecule has 8 nitrogen and oxygen atoms in total. The molecule has 0 bridgehead atoms. The van der Waals surface area contributed by atoms with Crippen LogP contribution in [0.1, 0.15) is 23.2 Å². The molecular formula is C22H27N3O5S. The normalized spacial score (nSPS) is 15.0. The van der Waals surface area contributed by atoms with Gasteiger partial charge in [-0.3, -0.25) is 9.59 Å². The lowest BCUT2D eigenvalue weighted by Gasteiger charge is -2.31. The minimum Gasteiger partial charge on any atom is -0.495 e. The van der Waals surface area contributed by atoms with Gasteiger partial charge in [0.1, 0.15) is 10.6 Å². The highest BCUT2D eigenvalue weighted by Crippen LogP contribution is 2.28. The summed E-state index contributed by atoms with van der Waals surface area (Å²) in [5.41, 5.74) is 1.02. The Hall–Kier alpha value is -2.91. The highest BCUT2D eigenvalue weighted by Gasteiger charge is 2.29. The lowest BCUT2D eigenvalue weighted by molar-refractivity contribution is -0.121. The number of sulfonamides is 1. The fraction of sp³-hybridized carbons (Fsp3) is 0.364. The summed E-state index contributed by atoms with van der Waals surface area (Å²) in [7, 11) is 0.464. The Morgan fingerprint density at radius 1 is 1.06 bits per heavy atom. The van der Waals surface area contributed by atoms with Crippen LogP contribution in [0.4, 0.5) is 5.69 Å². The molecule has 1 N–H and O–H groups in total. The average Bonchev–Trinajstić information content (AvgIpc) is 2.78. The standard InChI is InChI=1S/C22H27N3O5S/c1-24(2)31(28,29)20-15-17(9-10-19(20)30-3)22(27)25-13-11-16(12-14-25)21(26)23-18-7-5-4-6-8-18/h4-10,15-16H,11-14H2,1-3H3,(H,23,26). The molecule has 31 heavy (non-hydrogen) atoms. The van der Waals surface area contributed by atoms with Crippen LogP contribution in [0.15, 0.2) is 53.4 Å². The van der Waals surface area contributed by atoms with Crippen molar-refractivity contribution in [2.24, 2.45) is 5.92 Å². The van der Waals surface area contributed by atoms with E-state index in [1.807, 2.05) is 30.3 Å². The molecule has 2 aromatic carbocycles. The molecule has 1 fully saturated rings. The number of nitrogens with zero attached hydrogens (tertiary/aromatic N) is 2. The van der Waals surface area contributed by atoms with Gasteiger partial charge in [-0.25, -0.2) is 12.7 Å². The van der Waals surface area contributed by atoms with Crippen molar-refractivity contribution in [2.45, 2.75) is 17.7 Å². The Kier molecular flexibility index (Phi) is 6.97. The second-order valence-electron chi connectivity index (χ2n) is 7.57. The fourth-order valence-corrected chi connectivity index (χ4v) is 4.58. The van der Waals surface area contributed by atoms with Crippen molar-refractivity contribution in [3.05, 3.63) is 54.1 Å². The summed E-state index contributed by atoms with van der Waals surface area (Å²) in [6.45, 7) is 0.848. The third-order valence-corrected chi connectivity index (χ3v) is 7.20. The molecule has 0 radical (unpaired) electrons. The highest BCUT2D eigenvalue weighted by molar-refractivity contribution is 7.89. The number of benzene rings is 2. The van der Waals surface area contributed by atoms with Crippen LogP contribution < -0.4 is 10.1 Å². The molecule has 0 spiro atoms. The van der Waals surface area contributed by atoms with E-state index in [2.05, 4.69) is 5.32 Å². The summed E-state index contributed by atoms with van der Waals surface area (Å²) in [5, 5.41) is 2.91. The molecule has 166 valence electrons. The van der Waals surface area contributed by atoms with Crippen molar-refractivity contribution in [3.63, 3.8) is 0 Å². The number of likely N-dealkylation sites (tertiary alicyclic amines) is 1. The van der Waals surface area contributed by atoms with Gasteiger partial charge in [-0.15, -0.1) is 0 Å². The monoisotopic (exact) mass is 445 g/mol. The van der Waals surface area contributed by atoms with Crippen LogP contribution in [0.3, 0.4) is 0 Å². The van der Waals surface area contributed by atoms with E-state index >= 15 is 0 Å². The molecule has 0 atom stereocenters. The van der Waals surface area contributed by atoms with E-state index < -0.39 is 10.0 Å². The number of carbonyl (C=O) groups is 2. The quantitative estimate of drug-likeness (QED) is 0.737. The van der Waals surface area contributed by atoms with Crippen molar-refractivity contribution >= 4 is 27.5 Å². The van der Waals surface area contributed by atoms with E-state index in [0.29, 0.717) is 25.9 Å². The Bertz CT molecular complexity index is 1050. The van der Waals surface area contributed by atoms with E-state index in [9.17, 15) is 18.0 Å². The van der Waals surface area contributed by atoms with Gasteiger partial charge < -0.3 is 15.0 Å². The predicted molar refractivity (Wildman–Crippen MR) is 118 cm³/mol. The Balaban J connectivity index is 1.69. The molecule has 9 heteroatoms. The number of hydrogen-bond donors (Lipinski definition) is 1. The number of para-hydroxylation sites is 1. The Labute approximate surface area is 182 Å². The number of rotatable bonds is 6. The van der Waals surface area contributed by atoms with Crippen LogP contribution in [0.25, 0.3) is 0 Å². The van der Waals surface area contributed by atoms with Crippen molar-refractivity contribution in [3.8, 4) is 5.75 Å². The van der Waals surface area contributed by atoms with E-state index in [4.69, 9.17) is 4.74 Å². The Morgan fingerprint density at radius 2 is 1.71 bits per heavy atom. The van der Waals surface area contributed by atoms with E-state index in [1.165, 1.54) is 33.3 Å². The number of anilines is 1. The molecule has 2 aromatic rings. The average molecular weight is 446 g/mol. The van der Waals surface area contributed by atoms with Crippen molar-refractivity contribution < 1.29 is 22.7 Å². The van der Waals surface area contributed by atoms with Gasteiger partial charge >= 0.3 is 0 Å². The fourth-order valence-electron chi connectivity index (χ4n) is 3.50. The summed E-state index contributed by atoms with van der Waals surface area (Å²) >= 11 is 0. The maximum atomic E-state index is 13.0. The number of hydrogen-bond acceptors (Lipinski definition) is 5. The third kappa shape index (κ3) is 5.05. The van der Waals surface area contributed by atoms with Gasteiger partial charge in [-0.1, -0.05) is 18.2 Å². The molecule has 3 rings (SSSR count). The Morgan fingerprint density at radius 3 is 2.29 bits per heavy atom. The first-order valence-corrected chi connectivity index (χ1v) is 11.4. The van der Waals surface area contributed by atoms with Gasteiger partial charge in [0, 0.05) is 44.4 Å². The van der Waals surface area contributed by atoms with Crippen molar-refractivity contribution in [2.75, 3.05) is 39.6 Å². The van der Waals surface area contributed by atoms with E-state index in [-0.39, 0.29) is 33.9 Å². The first-order valence-electron chi connectivity index (χ1n) is 10.00. The van der Waals surface area contributed by atoms with Gasteiger partial charge in [0.15, 0.2) is 0 Å². The number of nitrogens with one attached hydrogen (secondary N) is 1. The molecule has 1 saturated heterocycles. The molecule has 0 aromatic heterocycles. The van der Waals surface area contributed by atoms with Crippen LogP contribution in [-0.2, 0) is 14.8 Å². The van der Waals surface area contributed by atoms with Crippen LogP contribution >= 0.6 is 0 Å². The van der Waals surface area contributed by atoms with Crippen molar-refractivity contribution in [1.29, 1.82) is 0 Å². The first-order chi connectivity index (χ1) is 14.7. The highest BCUT2D eigenvalue weighted by atomic mass is 32.2. The van der Waals surface area contributed by atoms with Crippen molar-refractivity contribution in [1.82, 2.24) is 9.21 Å². The minimum atomic E-state index is -3.77. The SMILES string of the molecule is COc1ccc(C(=O)N2CCC(C(=O)Nc3ccccc3)CC2)cc1S(=O)(=O)N(C)C. The number of methoxy groups -OCH3 is 1. The summed E-state index contributed by atoms with van der Waals surface area (Å²) in [5.74, 6) is -0.312. The van der Waals surface area contributed by atoms with Crippen LogP contribution in [0.5, 0.6) is 5.75 Å². The second-order valence-corrected chi connectivity index (χ2v) is 9.70. The minimum absolute atomic E-state index is 0.0528. The maximum Gasteiger partial charge on any atom is 0.253 e. The van der Waals surface area contributed by atoms with Crippen LogP contribution in [0.2, 0.25) is 0 Å². The molecular weight excluding hydrogens is 418 g/mol. The largest absolute Gasteiger partial charge is 0.495 e. The number of amides is 2. The molecule has 0 unspecified atom stereocenters. The van der Waals surface area contributed by atoms with E-state index in [1.54, 1.807) is 11.0 Å². The zero-order valence-electron chi connectivity index (χ0n) is 17.9.